The van der Waals surface area contributed by atoms with E-state index in [4.69, 9.17) is 9.15 Å². The lowest BCUT2D eigenvalue weighted by atomic mass is 10.1. The van der Waals surface area contributed by atoms with Crippen molar-refractivity contribution in [3.63, 3.8) is 0 Å². The van der Waals surface area contributed by atoms with E-state index in [9.17, 15) is 4.79 Å². The third-order valence-corrected chi connectivity index (χ3v) is 2.92. The molecule has 0 N–H and O–H groups in total. The molecule has 0 atom stereocenters. The quantitative estimate of drug-likeness (QED) is 0.627. The van der Waals surface area contributed by atoms with Gasteiger partial charge in [0.1, 0.15) is 11.5 Å². The van der Waals surface area contributed by atoms with Crippen LogP contribution in [0.3, 0.4) is 0 Å². The van der Waals surface area contributed by atoms with Crippen LogP contribution in [0, 0.1) is 3.57 Å². The summed E-state index contributed by atoms with van der Waals surface area (Å²) in [4.78, 5) is 10.6. The minimum atomic E-state index is 0.321. The number of furan rings is 1. The molecule has 0 spiro atoms. The van der Waals surface area contributed by atoms with E-state index in [1.165, 1.54) is 0 Å². The van der Waals surface area contributed by atoms with Crippen molar-refractivity contribution in [3.8, 4) is 17.1 Å². The standard InChI is InChI=1S/C13H11IO3/c1-2-16-12-5-3-9(14)7-11(12)13-6-4-10(8-15)17-13/h3-8H,2H2,1H3. The summed E-state index contributed by atoms with van der Waals surface area (Å²) in [5.41, 5.74) is 0.867. The van der Waals surface area contributed by atoms with Crippen LogP contribution in [0.2, 0.25) is 0 Å². The smallest absolute Gasteiger partial charge is 0.185 e. The Balaban J connectivity index is 2.48. The number of hydrogen-bond donors (Lipinski definition) is 0. The van der Waals surface area contributed by atoms with E-state index in [0.717, 1.165) is 14.9 Å². The van der Waals surface area contributed by atoms with E-state index >= 15 is 0 Å². The topological polar surface area (TPSA) is 39.4 Å². The molecule has 1 aromatic heterocycles. The van der Waals surface area contributed by atoms with Crippen molar-refractivity contribution >= 4 is 28.9 Å². The van der Waals surface area contributed by atoms with Crippen LogP contribution in [0.15, 0.2) is 34.7 Å². The fraction of sp³-hybridized carbons (Fsp3) is 0.154. The monoisotopic (exact) mass is 342 g/mol. The van der Waals surface area contributed by atoms with Crippen LogP contribution in [0.4, 0.5) is 0 Å². The van der Waals surface area contributed by atoms with Gasteiger partial charge in [-0.05, 0) is 59.8 Å². The van der Waals surface area contributed by atoms with Gasteiger partial charge in [0.15, 0.2) is 12.0 Å². The number of carbonyl (C=O) groups excluding carboxylic acids is 1. The summed E-state index contributed by atoms with van der Waals surface area (Å²) < 4.78 is 12.0. The molecule has 0 saturated heterocycles. The molecule has 88 valence electrons. The predicted molar refractivity (Wildman–Crippen MR) is 73.4 cm³/mol. The average Bonchev–Trinajstić information content (AvgIpc) is 2.80. The summed E-state index contributed by atoms with van der Waals surface area (Å²) in [5, 5.41) is 0. The van der Waals surface area contributed by atoms with Crippen LogP contribution in [-0.2, 0) is 0 Å². The van der Waals surface area contributed by atoms with Gasteiger partial charge in [-0.2, -0.15) is 0 Å². The number of halogens is 1. The Kier molecular flexibility index (Phi) is 3.83. The second-order valence-corrected chi connectivity index (χ2v) is 4.64. The molecule has 4 heteroatoms. The van der Waals surface area contributed by atoms with Gasteiger partial charge in [-0.25, -0.2) is 0 Å². The van der Waals surface area contributed by atoms with Crippen LogP contribution in [0.5, 0.6) is 5.75 Å². The molecule has 0 aliphatic carbocycles. The van der Waals surface area contributed by atoms with Crippen LogP contribution in [0.1, 0.15) is 17.5 Å². The van der Waals surface area contributed by atoms with Gasteiger partial charge in [0.05, 0.1) is 12.2 Å². The van der Waals surface area contributed by atoms with Crippen molar-refractivity contribution in [1.29, 1.82) is 0 Å². The zero-order chi connectivity index (χ0) is 12.3. The molecule has 0 fully saturated rings. The molecular weight excluding hydrogens is 331 g/mol. The van der Waals surface area contributed by atoms with E-state index in [1.807, 2.05) is 25.1 Å². The molecule has 0 aliphatic rings. The van der Waals surface area contributed by atoms with Crippen LogP contribution < -0.4 is 4.74 Å². The first-order chi connectivity index (χ1) is 8.24. The van der Waals surface area contributed by atoms with Crippen LogP contribution >= 0.6 is 22.6 Å². The Hall–Kier alpha value is -1.30. The van der Waals surface area contributed by atoms with E-state index in [0.29, 0.717) is 24.4 Å². The summed E-state index contributed by atoms with van der Waals surface area (Å²) in [7, 11) is 0. The minimum absolute atomic E-state index is 0.321. The zero-order valence-corrected chi connectivity index (χ0v) is 11.4. The van der Waals surface area contributed by atoms with Gasteiger partial charge in [0, 0.05) is 3.57 Å². The molecule has 3 nitrogen and oxygen atoms in total. The molecule has 1 aromatic carbocycles. The summed E-state index contributed by atoms with van der Waals surface area (Å²) in [5.74, 6) is 1.73. The number of rotatable bonds is 4. The normalized spacial score (nSPS) is 10.2. The van der Waals surface area contributed by atoms with Gasteiger partial charge in [0.2, 0.25) is 0 Å². The number of hydrogen-bond acceptors (Lipinski definition) is 3. The Labute approximate surface area is 113 Å². The average molecular weight is 342 g/mol. The largest absolute Gasteiger partial charge is 0.493 e. The van der Waals surface area contributed by atoms with E-state index in [1.54, 1.807) is 12.1 Å². The second kappa shape index (κ2) is 5.35. The van der Waals surface area contributed by atoms with E-state index in [2.05, 4.69) is 22.6 Å². The minimum Gasteiger partial charge on any atom is -0.493 e. The molecule has 0 radical (unpaired) electrons. The highest BCUT2D eigenvalue weighted by atomic mass is 127. The van der Waals surface area contributed by atoms with Gasteiger partial charge in [-0.1, -0.05) is 0 Å². The maximum atomic E-state index is 10.6. The van der Waals surface area contributed by atoms with Crippen molar-refractivity contribution in [2.24, 2.45) is 0 Å². The lowest BCUT2D eigenvalue weighted by Gasteiger charge is -2.08. The summed E-state index contributed by atoms with van der Waals surface area (Å²) in [6.07, 6.45) is 0.692. The molecular formula is C13H11IO3. The van der Waals surface area contributed by atoms with Crippen molar-refractivity contribution in [2.45, 2.75) is 6.92 Å². The SMILES string of the molecule is CCOc1ccc(I)cc1-c1ccc(C=O)o1. The molecule has 0 bridgehead atoms. The highest BCUT2D eigenvalue weighted by Gasteiger charge is 2.11. The number of aldehydes is 1. The van der Waals surface area contributed by atoms with E-state index in [-0.39, 0.29) is 0 Å². The second-order valence-electron chi connectivity index (χ2n) is 3.39. The first kappa shape index (κ1) is 12.2. The Morgan fingerprint density at radius 1 is 1.35 bits per heavy atom. The summed E-state index contributed by atoms with van der Waals surface area (Å²) >= 11 is 2.23. The molecule has 0 unspecified atom stereocenters. The molecule has 0 saturated carbocycles. The molecule has 17 heavy (non-hydrogen) atoms. The lowest BCUT2D eigenvalue weighted by Crippen LogP contribution is -1.94. The van der Waals surface area contributed by atoms with Crippen molar-refractivity contribution < 1.29 is 13.9 Å². The summed E-state index contributed by atoms with van der Waals surface area (Å²) in [6.45, 7) is 2.52. The Bertz CT molecular complexity index is 531. The highest BCUT2D eigenvalue weighted by molar-refractivity contribution is 14.1. The van der Waals surface area contributed by atoms with Gasteiger partial charge in [0.25, 0.3) is 0 Å². The van der Waals surface area contributed by atoms with E-state index < -0.39 is 0 Å². The Morgan fingerprint density at radius 2 is 2.18 bits per heavy atom. The van der Waals surface area contributed by atoms with Crippen molar-refractivity contribution in [1.82, 2.24) is 0 Å². The number of ether oxygens (including phenoxy) is 1. The molecule has 0 aliphatic heterocycles. The van der Waals surface area contributed by atoms with Gasteiger partial charge < -0.3 is 9.15 Å². The van der Waals surface area contributed by atoms with Crippen LogP contribution in [-0.4, -0.2) is 12.9 Å². The number of carbonyl (C=O) groups is 1. The fourth-order valence-corrected chi connectivity index (χ4v) is 2.03. The van der Waals surface area contributed by atoms with Crippen LogP contribution in [0.25, 0.3) is 11.3 Å². The lowest BCUT2D eigenvalue weighted by molar-refractivity contribution is 0.110. The fourth-order valence-electron chi connectivity index (χ4n) is 1.54. The molecule has 0 amide bonds. The third kappa shape index (κ3) is 2.69. The third-order valence-electron chi connectivity index (χ3n) is 2.25. The number of benzene rings is 1. The predicted octanol–water partition coefficient (Wildman–Crippen LogP) is 3.76. The highest BCUT2D eigenvalue weighted by Crippen LogP contribution is 2.32. The molecule has 2 aromatic rings. The van der Waals surface area contributed by atoms with Gasteiger partial charge in [-0.15, -0.1) is 0 Å². The molecule has 1 heterocycles. The first-order valence-electron chi connectivity index (χ1n) is 5.22. The zero-order valence-electron chi connectivity index (χ0n) is 9.27. The van der Waals surface area contributed by atoms with Gasteiger partial charge in [-0.3, -0.25) is 4.79 Å². The van der Waals surface area contributed by atoms with Crippen molar-refractivity contribution in [3.05, 3.63) is 39.7 Å². The maximum Gasteiger partial charge on any atom is 0.185 e. The maximum absolute atomic E-state index is 10.6. The van der Waals surface area contributed by atoms with Crippen molar-refractivity contribution in [2.75, 3.05) is 6.61 Å². The summed E-state index contributed by atoms with van der Waals surface area (Å²) in [6, 6.07) is 9.27. The van der Waals surface area contributed by atoms with Gasteiger partial charge >= 0.3 is 0 Å². The molecule has 2 rings (SSSR count). The Morgan fingerprint density at radius 3 is 2.82 bits per heavy atom. The first-order valence-corrected chi connectivity index (χ1v) is 6.30.